The molecule has 0 unspecified atom stereocenters. The molecule has 0 bridgehead atoms. The Hall–Kier alpha value is -2.20. The van der Waals surface area contributed by atoms with Gasteiger partial charge >= 0.3 is 0 Å². The molecule has 0 amide bonds. The molecule has 30 heavy (non-hydrogen) atoms. The van der Waals surface area contributed by atoms with Crippen LogP contribution >= 0.6 is 24.0 Å². The van der Waals surface area contributed by atoms with Crippen LogP contribution in [0.15, 0.2) is 47.5 Å². The second-order valence-corrected chi connectivity index (χ2v) is 6.41. The van der Waals surface area contributed by atoms with Gasteiger partial charge in [0.05, 0.1) is 26.5 Å². The Kier molecular flexibility index (Phi) is 12.0. The topological polar surface area (TPSA) is 81.3 Å². The monoisotopic (exact) mass is 528 g/mol. The van der Waals surface area contributed by atoms with E-state index in [9.17, 15) is 0 Å². The lowest BCUT2D eigenvalue weighted by Gasteiger charge is -2.18. The highest BCUT2D eigenvalue weighted by Gasteiger charge is 2.06. The molecular formula is C22H33IN4O3. The van der Waals surface area contributed by atoms with E-state index in [0.717, 1.165) is 30.9 Å². The number of anilines is 1. The fourth-order valence-corrected chi connectivity index (χ4v) is 2.79. The van der Waals surface area contributed by atoms with Gasteiger partial charge in [-0.1, -0.05) is 26.0 Å². The summed E-state index contributed by atoms with van der Waals surface area (Å²) in [6.45, 7) is 8.45. The third-order valence-corrected chi connectivity index (χ3v) is 4.60. The van der Waals surface area contributed by atoms with Gasteiger partial charge in [-0.25, -0.2) is 4.99 Å². The van der Waals surface area contributed by atoms with E-state index in [1.54, 1.807) is 14.2 Å². The van der Waals surface area contributed by atoms with Crippen LogP contribution < -0.4 is 25.3 Å². The van der Waals surface area contributed by atoms with Crippen LogP contribution in [0.1, 0.15) is 19.4 Å². The molecule has 0 spiro atoms. The zero-order chi connectivity index (χ0) is 21.1. The predicted octanol–water partition coefficient (Wildman–Crippen LogP) is 3.97. The van der Waals surface area contributed by atoms with Crippen molar-refractivity contribution in [2.24, 2.45) is 10.7 Å². The molecule has 0 aliphatic heterocycles. The number of rotatable bonds is 11. The van der Waals surface area contributed by atoms with Gasteiger partial charge in [-0.15, -0.1) is 24.0 Å². The number of halogens is 1. The van der Waals surface area contributed by atoms with Crippen LogP contribution in [0.4, 0.5) is 5.69 Å². The maximum atomic E-state index is 6.03. The second-order valence-electron chi connectivity index (χ2n) is 6.41. The molecule has 0 fully saturated rings. The highest BCUT2D eigenvalue weighted by atomic mass is 127. The van der Waals surface area contributed by atoms with Gasteiger partial charge in [0.2, 0.25) is 0 Å². The number of likely N-dealkylation sites (N-methyl/N-ethyl adjacent to an activating group) is 1. The second kappa shape index (κ2) is 13.9. The third-order valence-electron chi connectivity index (χ3n) is 4.60. The van der Waals surface area contributed by atoms with Crippen LogP contribution in [0.2, 0.25) is 0 Å². The Bertz CT molecular complexity index is 780. The van der Waals surface area contributed by atoms with Gasteiger partial charge in [0, 0.05) is 12.6 Å². The van der Waals surface area contributed by atoms with E-state index in [4.69, 9.17) is 19.9 Å². The summed E-state index contributed by atoms with van der Waals surface area (Å²) in [4.78, 5) is 6.73. The molecule has 0 heterocycles. The van der Waals surface area contributed by atoms with Crippen LogP contribution in [0.3, 0.4) is 0 Å². The molecular weight excluding hydrogens is 495 g/mol. The molecule has 0 saturated carbocycles. The van der Waals surface area contributed by atoms with Crippen LogP contribution in [-0.4, -0.2) is 51.3 Å². The highest BCUT2D eigenvalue weighted by molar-refractivity contribution is 14.0. The van der Waals surface area contributed by atoms with Crippen LogP contribution in [0.5, 0.6) is 17.2 Å². The van der Waals surface area contributed by atoms with Crippen molar-refractivity contribution < 1.29 is 14.2 Å². The van der Waals surface area contributed by atoms with Crippen molar-refractivity contribution in [1.29, 1.82) is 0 Å². The van der Waals surface area contributed by atoms with Gasteiger partial charge in [0.25, 0.3) is 0 Å². The van der Waals surface area contributed by atoms with Gasteiger partial charge < -0.3 is 30.2 Å². The van der Waals surface area contributed by atoms with E-state index >= 15 is 0 Å². The Balaban J connectivity index is 0.00000450. The molecule has 0 radical (unpaired) electrons. The molecule has 2 rings (SSSR count). The van der Waals surface area contributed by atoms with Crippen LogP contribution in [0, 0.1) is 0 Å². The largest absolute Gasteiger partial charge is 0.497 e. The van der Waals surface area contributed by atoms with Gasteiger partial charge in [-0.3, -0.25) is 0 Å². The number of aliphatic imine (C=N–C) groups is 1. The van der Waals surface area contributed by atoms with E-state index in [2.05, 4.69) is 29.1 Å². The molecule has 166 valence electrons. The number of ether oxygens (including phenoxy) is 3. The highest BCUT2D eigenvalue weighted by Crippen LogP contribution is 2.28. The fourth-order valence-electron chi connectivity index (χ4n) is 2.79. The minimum atomic E-state index is 0. The Morgan fingerprint density at radius 1 is 1.00 bits per heavy atom. The SMILES string of the molecule is CCN(CC)CCOc1ccc(CN=C(N)Nc2cc(OC)ccc2OC)cc1.I. The van der Waals surface area contributed by atoms with Crippen molar-refractivity contribution in [3.05, 3.63) is 48.0 Å². The maximum Gasteiger partial charge on any atom is 0.193 e. The number of methoxy groups -OCH3 is 2. The number of benzene rings is 2. The number of nitrogens with two attached hydrogens (primary N) is 1. The quantitative estimate of drug-likeness (QED) is 0.261. The van der Waals surface area contributed by atoms with E-state index < -0.39 is 0 Å². The van der Waals surface area contributed by atoms with E-state index in [1.165, 1.54) is 0 Å². The van der Waals surface area contributed by atoms with Crippen molar-refractivity contribution in [2.45, 2.75) is 20.4 Å². The zero-order valence-electron chi connectivity index (χ0n) is 18.2. The molecule has 0 aromatic heterocycles. The summed E-state index contributed by atoms with van der Waals surface area (Å²) < 4.78 is 16.4. The molecule has 8 heteroatoms. The summed E-state index contributed by atoms with van der Waals surface area (Å²) in [5.41, 5.74) is 7.78. The first-order valence-corrected chi connectivity index (χ1v) is 9.82. The summed E-state index contributed by atoms with van der Waals surface area (Å²) >= 11 is 0. The molecule has 0 saturated heterocycles. The summed E-state index contributed by atoms with van der Waals surface area (Å²) in [5.74, 6) is 2.53. The van der Waals surface area contributed by atoms with Crippen molar-refractivity contribution in [3.8, 4) is 17.2 Å². The zero-order valence-corrected chi connectivity index (χ0v) is 20.5. The van der Waals surface area contributed by atoms with E-state index in [0.29, 0.717) is 36.3 Å². The minimum Gasteiger partial charge on any atom is -0.497 e. The Labute approximate surface area is 196 Å². The van der Waals surface area contributed by atoms with Gasteiger partial charge in [0.15, 0.2) is 5.96 Å². The average Bonchev–Trinajstić information content (AvgIpc) is 2.76. The van der Waals surface area contributed by atoms with Crippen molar-refractivity contribution >= 4 is 35.6 Å². The van der Waals surface area contributed by atoms with Crippen LogP contribution in [0.25, 0.3) is 0 Å². The predicted molar refractivity (Wildman–Crippen MR) is 134 cm³/mol. The normalized spacial score (nSPS) is 11.0. The lowest BCUT2D eigenvalue weighted by Crippen LogP contribution is -2.27. The summed E-state index contributed by atoms with van der Waals surface area (Å²) in [7, 11) is 3.21. The Morgan fingerprint density at radius 3 is 2.27 bits per heavy atom. The van der Waals surface area contributed by atoms with Crippen molar-refractivity contribution in [2.75, 3.05) is 45.8 Å². The first kappa shape index (κ1) is 25.8. The molecule has 0 atom stereocenters. The summed E-state index contributed by atoms with van der Waals surface area (Å²) in [6, 6.07) is 13.4. The van der Waals surface area contributed by atoms with E-state index in [-0.39, 0.29) is 24.0 Å². The fraction of sp³-hybridized carbons (Fsp3) is 0.409. The molecule has 0 aliphatic carbocycles. The lowest BCUT2D eigenvalue weighted by molar-refractivity contribution is 0.223. The van der Waals surface area contributed by atoms with Crippen molar-refractivity contribution in [1.82, 2.24) is 4.90 Å². The smallest absolute Gasteiger partial charge is 0.193 e. The number of nitrogens with zero attached hydrogens (tertiary/aromatic N) is 2. The first-order chi connectivity index (χ1) is 14.1. The first-order valence-electron chi connectivity index (χ1n) is 9.82. The molecule has 2 aromatic rings. The van der Waals surface area contributed by atoms with Gasteiger partial charge in [-0.05, 0) is 42.9 Å². The maximum absolute atomic E-state index is 6.03. The molecule has 2 aromatic carbocycles. The van der Waals surface area contributed by atoms with Gasteiger partial charge in [-0.2, -0.15) is 0 Å². The van der Waals surface area contributed by atoms with Crippen molar-refractivity contribution in [3.63, 3.8) is 0 Å². The molecule has 3 N–H and O–H groups in total. The summed E-state index contributed by atoms with van der Waals surface area (Å²) in [6.07, 6.45) is 0. The lowest BCUT2D eigenvalue weighted by atomic mass is 10.2. The standard InChI is InChI=1S/C22H32N4O3.HI/c1-5-26(6-2)13-14-29-18-9-7-17(8-10-18)16-24-22(23)25-20-15-19(27-3)11-12-21(20)28-4;/h7-12,15H,5-6,13-14,16H2,1-4H3,(H3,23,24,25);1H. The number of hydrogen-bond acceptors (Lipinski definition) is 5. The Morgan fingerprint density at radius 2 is 1.67 bits per heavy atom. The average molecular weight is 528 g/mol. The summed E-state index contributed by atoms with van der Waals surface area (Å²) in [5, 5.41) is 3.06. The third kappa shape index (κ3) is 8.27. The number of guanidine groups is 1. The van der Waals surface area contributed by atoms with E-state index in [1.807, 2.05) is 42.5 Å². The molecule has 7 nitrogen and oxygen atoms in total. The molecule has 0 aliphatic rings. The number of hydrogen-bond donors (Lipinski definition) is 2. The van der Waals surface area contributed by atoms with Gasteiger partial charge in [0.1, 0.15) is 23.9 Å². The van der Waals surface area contributed by atoms with Crippen LogP contribution in [-0.2, 0) is 6.54 Å². The minimum absolute atomic E-state index is 0. The number of nitrogens with one attached hydrogen (secondary N) is 1.